The first kappa shape index (κ1) is 13.0. The van der Waals surface area contributed by atoms with Crippen molar-refractivity contribution in [2.75, 3.05) is 6.61 Å². The Morgan fingerprint density at radius 2 is 2.50 bits per heavy atom. The van der Waals surface area contributed by atoms with Gasteiger partial charge in [-0.1, -0.05) is 5.11 Å². The summed E-state index contributed by atoms with van der Waals surface area (Å²) in [7, 11) is 0. The maximum Gasteiger partial charge on any atom is 0.278 e. The molecule has 1 aliphatic rings. The van der Waals surface area contributed by atoms with E-state index in [1.807, 2.05) is 0 Å². The van der Waals surface area contributed by atoms with Crippen LogP contribution in [0.1, 0.15) is 11.8 Å². The third-order valence-electron chi connectivity index (χ3n) is 3.21. The number of aromatic amines is 1. The van der Waals surface area contributed by atoms with Crippen LogP contribution >= 0.6 is 11.8 Å². The van der Waals surface area contributed by atoms with Crippen molar-refractivity contribution in [2.24, 2.45) is 5.11 Å². The largest absolute Gasteiger partial charge is 0.395 e. The maximum atomic E-state index is 11.6. The highest BCUT2D eigenvalue weighted by Gasteiger charge is 2.36. The summed E-state index contributed by atoms with van der Waals surface area (Å²) < 4.78 is 1.73. The highest BCUT2D eigenvalue weighted by molar-refractivity contribution is 8.00. The van der Waals surface area contributed by atoms with E-state index in [9.17, 15) is 9.90 Å². The van der Waals surface area contributed by atoms with E-state index in [1.165, 1.54) is 24.4 Å². The average Bonchev–Trinajstić information content (AvgIpc) is 3.03. The molecule has 104 valence electrons. The summed E-state index contributed by atoms with van der Waals surface area (Å²) in [5, 5.41) is 12.8. The Bertz CT molecular complexity index is 735. The van der Waals surface area contributed by atoms with Crippen LogP contribution in [0, 0.1) is 0 Å². The molecule has 9 nitrogen and oxygen atoms in total. The molecule has 2 aromatic heterocycles. The van der Waals surface area contributed by atoms with Crippen molar-refractivity contribution in [3.63, 3.8) is 0 Å². The molecule has 0 spiro atoms. The van der Waals surface area contributed by atoms with Gasteiger partial charge in [0.1, 0.15) is 0 Å². The number of nitrogens with one attached hydrogen (secondary N) is 1. The van der Waals surface area contributed by atoms with E-state index in [1.54, 1.807) is 4.57 Å². The Morgan fingerprint density at radius 3 is 3.25 bits per heavy atom. The molecule has 0 amide bonds. The van der Waals surface area contributed by atoms with E-state index in [4.69, 9.17) is 5.53 Å². The molecule has 3 atom stereocenters. The van der Waals surface area contributed by atoms with E-state index in [0.29, 0.717) is 12.1 Å². The molecule has 2 aromatic rings. The zero-order chi connectivity index (χ0) is 14.1. The topological polar surface area (TPSA) is 133 Å². The van der Waals surface area contributed by atoms with Crippen LogP contribution in [0.25, 0.3) is 21.6 Å². The zero-order valence-electron chi connectivity index (χ0n) is 10.2. The van der Waals surface area contributed by atoms with Gasteiger partial charge in [-0.3, -0.25) is 4.79 Å². The van der Waals surface area contributed by atoms with Crippen molar-refractivity contribution >= 4 is 22.9 Å². The fourth-order valence-electron chi connectivity index (χ4n) is 2.32. The minimum atomic E-state index is -0.309. The van der Waals surface area contributed by atoms with Gasteiger partial charge in [-0.05, 0) is 12.0 Å². The van der Waals surface area contributed by atoms with Gasteiger partial charge in [-0.25, -0.2) is 9.97 Å². The SMILES string of the molecule is [N-]=[N+]=NC1C[C@H](CO)S[C@@H]1n1cnc2c(=O)[nH]cnc21. The third kappa shape index (κ3) is 2.03. The Balaban J connectivity index is 2.07. The molecule has 10 heteroatoms. The van der Waals surface area contributed by atoms with Crippen LogP contribution in [-0.4, -0.2) is 42.5 Å². The van der Waals surface area contributed by atoms with Gasteiger partial charge in [0, 0.05) is 10.2 Å². The van der Waals surface area contributed by atoms with E-state index in [0.717, 1.165) is 0 Å². The maximum absolute atomic E-state index is 11.6. The lowest BCUT2D eigenvalue weighted by Crippen LogP contribution is -2.15. The van der Waals surface area contributed by atoms with Crippen LogP contribution in [0.5, 0.6) is 0 Å². The fraction of sp³-hybridized carbons (Fsp3) is 0.500. The lowest BCUT2D eigenvalue weighted by atomic mass is 10.2. The normalized spacial score (nSPS) is 25.8. The predicted molar refractivity (Wildman–Crippen MR) is 73.2 cm³/mol. The molecule has 1 fully saturated rings. The van der Waals surface area contributed by atoms with Crippen molar-refractivity contribution in [3.8, 4) is 0 Å². The molecular formula is C10H11N7O2S. The molecule has 0 bridgehead atoms. The number of hydrogen-bond donors (Lipinski definition) is 2. The minimum Gasteiger partial charge on any atom is -0.395 e. The molecule has 20 heavy (non-hydrogen) atoms. The molecule has 0 radical (unpaired) electrons. The quantitative estimate of drug-likeness (QED) is 0.490. The van der Waals surface area contributed by atoms with Gasteiger partial charge in [-0.2, -0.15) is 0 Å². The summed E-state index contributed by atoms with van der Waals surface area (Å²) in [5.74, 6) is 0. The molecule has 0 saturated carbocycles. The second-order valence-corrected chi connectivity index (χ2v) is 5.82. The van der Waals surface area contributed by atoms with Gasteiger partial charge < -0.3 is 14.7 Å². The number of aliphatic hydroxyl groups excluding tert-OH is 1. The first-order valence-corrected chi connectivity index (χ1v) is 6.89. The summed E-state index contributed by atoms with van der Waals surface area (Å²) in [5.41, 5.74) is 9.04. The number of azide groups is 1. The summed E-state index contributed by atoms with van der Waals surface area (Å²) >= 11 is 1.49. The number of aliphatic hydroxyl groups is 1. The highest BCUT2D eigenvalue weighted by atomic mass is 32.2. The van der Waals surface area contributed by atoms with Gasteiger partial charge in [0.2, 0.25) is 0 Å². The summed E-state index contributed by atoms with van der Waals surface area (Å²) in [6, 6.07) is -0.305. The second-order valence-electron chi connectivity index (χ2n) is 4.39. The Kier molecular flexibility index (Phi) is 3.35. The van der Waals surface area contributed by atoms with Crippen LogP contribution in [0.15, 0.2) is 22.6 Å². The van der Waals surface area contributed by atoms with E-state index >= 15 is 0 Å². The Morgan fingerprint density at radius 1 is 1.65 bits per heavy atom. The number of rotatable bonds is 3. The number of aromatic nitrogens is 4. The third-order valence-corrected chi connectivity index (χ3v) is 4.75. The number of H-pyrrole nitrogens is 1. The highest BCUT2D eigenvalue weighted by Crippen LogP contribution is 2.44. The van der Waals surface area contributed by atoms with Gasteiger partial charge >= 0.3 is 0 Å². The van der Waals surface area contributed by atoms with E-state index in [2.05, 4.69) is 25.0 Å². The zero-order valence-corrected chi connectivity index (χ0v) is 11.1. The predicted octanol–water partition coefficient (Wildman–Crippen LogP) is 0.795. The first-order chi connectivity index (χ1) is 9.74. The van der Waals surface area contributed by atoms with Crippen molar-refractivity contribution < 1.29 is 5.11 Å². The van der Waals surface area contributed by atoms with Gasteiger partial charge in [0.25, 0.3) is 5.56 Å². The van der Waals surface area contributed by atoms with Gasteiger partial charge in [0.05, 0.1) is 30.7 Å². The summed E-state index contributed by atoms with van der Waals surface area (Å²) in [6.07, 6.45) is 3.41. The van der Waals surface area contributed by atoms with Gasteiger partial charge in [0.15, 0.2) is 11.2 Å². The minimum absolute atomic E-state index is 0.00468. The molecule has 0 aromatic carbocycles. The first-order valence-electron chi connectivity index (χ1n) is 5.95. The smallest absolute Gasteiger partial charge is 0.278 e. The summed E-state index contributed by atoms with van der Waals surface area (Å²) in [4.78, 5) is 25.1. The van der Waals surface area contributed by atoms with Crippen LogP contribution in [0.4, 0.5) is 0 Å². The van der Waals surface area contributed by atoms with Crippen LogP contribution in [-0.2, 0) is 0 Å². The molecule has 1 unspecified atom stereocenters. The molecular weight excluding hydrogens is 282 g/mol. The van der Waals surface area contributed by atoms with Crippen LogP contribution in [0.3, 0.4) is 0 Å². The van der Waals surface area contributed by atoms with Crippen LogP contribution in [0.2, 0.25) is 0 Å². The average molecular weight is 293 g/mol. The molecule has 1 saturated heterocycles. The van der Waals surface area contributed by atoms with E-state index in [-0.39, 0.29) is 34.3 Å². The molecule has 1 aliphatic heterocycles. The number of fused-ring (bicyclic) bond motifs is 1. The molecule has 2 N–H and O–H groups in total. The molecule has 0 aliphatic carbocycles. The van der Waals surface area contributed by atoms with Gasteiger partial charge in [-0.15, -0.1) is 11.8 Å². The van der Waals surface area contributed by atoms with Crippen molar-refractivity contribution in [1.82, 2.24) is 19.5 Å². The summed E-state index contributed by atoms with van der Waals surface area (Å²) in [6.45, 7) is 0.0132. The number of imidazole rings is 1. The Labute approximate surface area is 116 Å². The standard InChI is InChI=1S/C10H11N7O2S/c11-16-15-6-1-5(2-18)20-10(6)17-4-14-7-8(17)12-3-13-9(7)19/h3-6,10,18H,1-2H2,(H,12,13,19)/t5-,6?,10+/m1/s1. The fourth-order valence-corrected chi connectivity index (χ4v) is 3.74. The molecule has 3 heterocycles. The second kappa shape index (κ2) is 5.16. The number of hydrogen-bond acceptors (Lipinski definition) is 6. The van der Waals surface area contributed by atoms with Crippen LogP contribution < -0.4 is 5.56 Å². The molecule has 3 rings (SSSR count). The lowest BCUT2D eigenvalue weighted by molar-refractivity contribution is 0.289. The van der Waals surface area contributed by atoms with Crippen molar-refractivity contribution in [3.05, 3.63) is 33.5 Å². The lowest BCUT2D eigenvalue weighted by Gasteiger charge is -2.16. The van der Waals surface area contributed by atoms with Crippen molar-refractivity contribution in [2.45, 2.75) is 23.1 Å². The van der Waals surface area contributed by atoms with Crippen molar-refractivity contribution in [1.29, 1.82) is 0 Å². The van der Waals surface area contributed by atoms with E-state index < -0.39 is 0 Å². The Hall–Kier alpha value is -2.03. The number of nitrogens with zero attached hydrogens (tertiary/aromatic N) is 6. The monoisotopic (exact) mass is 293 g/mol. The number of thioether (sulfide) groups is 1.